The van der Waals surface area contributed by atoms with Crippen LogP contribution in [0.25, 0.3) is 11.1 Å². The van der Waals surface area contributed by atoms with E-state index in [0.717, 1.165) is 36.7 Å². The van der Waals surface area contributed by atoms with Crippen LogP contribution >= 0.6 is 0 Å². The van der Waals surface area contributed by atoms with E-state index in [4.69, 9.17) is 4.74 Å². The number of pyridine rings is 2. The van der Waals surface area contributed by atoms with Crippen LogP contribution in [0.15, 0.2) is 60.9 Å². The first-order chi connectivity index (χ1) is 14.1. The van der Waals surface area contributed by atoms with Crippen molar-refractivity contribution in [2.45, 2.75) is 12.6 Å². The molecule has 0 spiro atoms. The molecule has 6 heteroatoms. The summed E-state index contributed by atoms with van der Waals surface area (Å²) in [4.78, 5) is 13.5. The molecule has 150 valence electrons. The van der Waals surface area contributed by atoms with Crippen LogP contribution < -0.4 is 4.90 Å². The Labute approximate surface area is 170 Å². The van der Waals surface area contributed by atoms with Gasteiger partial charge >= 0.3 is 0 Å². The Balaban J connectivity index is 1.47. The quantitative estimate of drug-likeness (QED) is 0.658. The molecule has 5 nitrogen and oxygen atoms in total. The lowest BCUT2D eigenvalue weighted by Crippen LogP contribution is -2.38. The molecule has 0 N–H and O–H groups in total. The van der Waals surface area contributed by atoms with Gasteiger partial charge in [-0.15, -0.1) is 0 Å². The van der Waals surface area contributed by atoms with Crippen molar-refractivity contribution in [3.8, 4) is 11.1 Å². The second-order valence-electron chi connectivity index (χ2n) is 7.43. The molecule has 2 aromatic heterocycles. The van der Waals surface area contributed by atoms with Crippen LogP contribution in [0.4, 0.5) is 10.2 Å². The number of aromatic nitrogens is 2. The zero-order valence-electron chi connectivity index (χ0n) is 16.8. The number of anilines is 1. The third-order valence-electron chi connectivity index (χ3n) is 5.14. The molecule has 1 aliphatic heterocycles. The van der Waals surface area contributed by atoms with Crippen molar-refractivity contribution in [1.29, 1.82) is 0 Å². The predicted octanol–water partition coefficient (Wildman–Crippen LogP) is 3.92. The fourth-order valence-electron chi connectivity index (χ4n) is 3.67. The summed E-state index contributed by atoms with van der Waals surface area (Å²) < 4.78 is 20.0. The Kier molecular flexibility index (Phi) is 5.83. The van der Waals surface area contributed by atoms with E-state index in [1.54, 1.807) is 18.3 Å². The van der Waals surface area contributed by atoms with Gasteiger partial charge in [0.2, 0.25) is 0 Å². The van der Waals surface area contributed by atoms with E-state index in [0.29, 0.717) is 12.2 Å². The number of hydrogen-bond donors (Lipinski definition) is 0. The molecule has 4 rings (SSSR count). The van der Waals surface area contributed by atoms with Crippen LogP contribution in [0.3, 0.4) is 0 Å². The summed E-state index contributed by atoms with van der Waals surface area (Å²) in [5, 5.41) is 0. The highest BCUT2D eigenvalue weighted by Crippen LogP contribution is 2.27. The third-order valence-corrected chi connectivity index (χ3v) is 5.14. The number of nitrogens with zero attached hydrogens (tertiary/aromatic N) is 4. The van der Waals surface area contributed by atoms with Crippen molar-refractivity contribution >= 4 is 5.82 Å². The molecule has 3 heterocycles. The topological polar surface area (TPSA) is 41.5 Å². The van der Waals surface area contributed by atoms with Gasteiger partial charge in [-0.3, -0.25) is 9.88 Å². The van der Waals surface area contributed by atoms with E-state index in [1.165, 1.54) is 11.6 Å². The van der Waals surface area contributed by atoms with E-state index in [1.807, 2.05) is 49.5 Å². The molecule has 0 saturated carbocycles. The SMILES string of the molecule is CN(C)c1ncccc1CN1CCOC(c2ccc(-c3ccccc3F)cn2)C1. The minimum Gasteiger partial charge on any atom is -0.369 e. The molecule has 1 saturated heterocycles. The standard InChI is InChI=1S/C23H25FN4O/c1-27(2)23-18(6-5-11-25-23)15-28-12-13-29-22(16-28)21-10-9-17(14-26-21)19-7-3-4-8-20(19)24/h3-11,14,22H,12-13,15-16H2,1-2H3. The molecule has 1 aliphatic rings. The van der Waals surface area contributed by atoms with E-state index in [2.05, 4.69) is 20.9 Å². The third kappa shape index (κ3) is 4.44. The molecule has 29 heavy (non-hydrogen) atoms. The average molecular weight is 392 g/mol. The lowest BCUT2D eigenvalue weighted by molar-refractivity contribution is -0.0349. The normalized spacial score (nSPS) is 17.3. The summed E-state index contributed by atoms with van der Waals surface area (Å²) in [5.74, 6) is 0.748. The molecule has 1 unspecified atom stereocenters. The van der Waals surface area contributed by atoms with Crippen LogP contribution in [0.1, 0.15) is 17.4 Å². The van der Waals surface area contributed by atoms with Crippen molar-refractivity contribution in [2.75, 3.05) is 38.7 Å². The van der Waals surface area contributed by atoms with E-state index in [-0.39, 0.29) is 11.9 Å². The number of morpholine rings is 1. The predicted molar refractivity (Wildman–Crippen MR) is 112 cm³/mol. The number of halogens is 1. The average Bonchev–Trinajstić information content (AvgIpc) is 2.75. The minimum absolute atomic E-state index is 0.0992. The van der Waals surface area contributed by atoms with Crippen molar-refractivity contribution < 1.29 is 9.13 Å². The van der Waals surface area contributed by atoms with Gasteiger partial charge in [0.25, 0.3) is 0 Å². The zero-order chi connectivity index (χ0) is 20.2. The molecule has 0 amide bonds. The molecular formula is C23H25FN4O. The van der Waals surface area contributed by atoms with Gasteiger partial charge in [-0.1, -0.05) is 30.3 Å². The first kappa shape index (κ1) is 19.5. The van der Waals surface area contributed by atoms with Crippen LogP contribution in [-0.4, -0.2) is 48.7 Å². The molecule has 0 radical (unpaired) electrons. The Morgan fingerprint density at radius 2 is 1.97 bits per heavy atom. The van der Waals surface area contributed by atoms with Gasteiger partial charge in [0.05, 0.1) is 12.3 Å². The van der Waals surface area contributed by atoms with Crippen LogP contribution in [0.2, 0.25) is 0 Å². The van der Waals surface area contributed by atoms with Gasteiger partial charge in [0, 0.05) is 62.8 Å². The Bertz CT molecular complexity index is 961. The molecule has 3 aromatic rings. The Morgan fingerprint density at radius 3 is 2.72 bits per heavy atom. The van der Waals surface area contributed by atoms with Crippen molar-refractivity contribution in [1.82, 2.24) is 14.9 Å². The lowest BCUT2D eigenvalue weighted by Gasteiger charge is -2.33. The fourth-order valence-corrected chi connectivity index (χ4v) is 3.67. The Morgan fingerprint density at radius 1 is 1.10 bits per heavy atom. The van der Waals surface area contributed by atoms with Gasteiger partial charge in [0.15, 0.2) is 0 Å². The first-order valence-corrected chi connectivity index (χ1v) is 9.78. The fraction of sp³-hybridized carbons (Fsp3) is 0.304. The number of ether oxygens (including phenoxy) is 1. The maximum Gasteiger partial charge on any atom is 0.132 e. The highest BCUT2D eigenvalue weighted by atomic mass is 19.1. The Hall–Kier alpha value is -2.83. The summed E-state index contributed by atoms with van der Waals surface area (Å²) in [6.07, 6.45) is 3.45. The van der Waals surface area contributed by atoms with Gasteiger partial charge < -0.3 is 9.64 Å². The first-order valence-electron chi connectivity index (χ1n) is 9.78. The van der Waals surface area contributed by atoms with E-state index >= 15 is 0 Å². The number of benzene rings is 1. The molecule has 1 atom stereocenters. The summed E-state index contributed by atoms with van der Waals surface area (Å²) >= 11 is 0. The maximum absolute atomic E-state index is 14.0. The number of rotatable bonds is 5. The summed E-state index contributed by atoms with van der Waals surface area (Å²) in [6, 6.07) is 14.7. The van der Waals surface area contributed by atoms with Crippen molar-refractivity contribution in [3.05, 3.63) is 78.0 Å². The largest absolute Gasteiger partial charge is 0.369 e. The van der Waals surface area contributed by atoms with Crippen LogP contribution in [-0.2, 0) is 11.3 Å². The van der Waals surface area contributed by atoms with Gasteiger partial charge in [-0.25, -0.2) is 9.37 Å². The van der Waals surface area contributed by atoms with E-state index in [9.17, 15) is 4.39 Å². The van der Waals surface area contributed by atoms with Gasteiger partial charge in [-0.2, -0.15) is 0 Å². The molecule has 1 aromatic carbocycles. The van der Waals surface area contributed by atoms with Crippen molar-refractivity contribution in [2.24, 2.45) is 0 Å². The zero-order valence-corrected chi connectivity index (χ0v) is 16.8. The smallest absolute Gasteiger partial charge is 0.132 e. The van der Waals surface area contributed by atoms with E-state index < -0.39 is 0 Å². The highest BCUT2D eigenvalue weighted by molar-refractivity contribution is 5.63. The summed E-state index contributed by atoms with van der Waals surface area (Å²) in [5.41, 5.74) is 3.39. The maximum atomic E-state index is 14.0. The van der Waals surface area contributed by atoms with Gasteiger partial charge in [0.1, 0.15) is 17.7 Å². The minimum atomic E-state index is -0.240. The molecule has 0 aliphatic carbocycles. The molecular weight excluding hydrogens is 367 g/mol. The van der Waals surface area contributed by atoms with Crippen LogP contribution in [0.5, 0.6) is 0 Å². The summed E-state index contributed by atoms with van der Waals surface area (Å²) in [6.45, 7) is 3.09. The molecule has 0 bridgehead atoms. The second kappa shape index (κ2) is 8.68. The molecule has 1 fully saturated rings. The van der Waals surface area contributed by atoms with Gasteiger partial charge in [-0.05, 0) is 18.2 Å². The highest BCUT2D eigenvalue weighted by Gasteiger charge is 2.24. The van der Waals surface area contributed by atoms with Crippen molar-refractivity contribution in [3.63, 3.8) is 0 Å². The second-order valence-corrected chi connectivity index (χ2v) is 7.43. The number of hydrogen-bond acceptors (Lipinski definition) is 5. The van der Waals surface area contributed by atoms with Crippen LogP contribution in [0, 0.1) is 5.82 Å². The lowest BCUT2D eigenvalue weighted by atomic mass is 10.1. The monoisotopic (exact) mass is 392 g/mol. The summed E-state index contributed by atoms with van der Waals surface area (Å²) in [7, 11) is 4.02.